The molecule has 0 saturated heterocycles. The first-order valence-corrected chi connectivity index (χ1v) is 5.06. The number of aldehydes is 1. The Morgan fingerprint density at radius 2 is 2.07 bits per heavy atom. The van der Waals surface area contributed by atoms with E-state index in [0.29, 0.717) is 11.5 Å². The molecule has 1 fully saturated rings. The highest BCUT2D eigenvalue weighted by atomic mass is 16.1. The summed E-state index contributed by atoms with van der Waals surface area (Å²) in [4.78, 5) is 18.9. The molecule has 2 rings (SSSR count). The maximum Gasteiger partial charge on any atom is 0.153 e. The molecule has 0 bridgehead atoms. The zero-order chi connectivity index (χ0) is 9.97. The van der Waals surface area contributed by atoms with Crippen LogP contribution in [0.3, 0.4) is 0 Å². The lowest BCUT2D eigenvalue weighted by atomic mass is 10.1. The van der Waals surface area contributed by atoms with Crippen LogP contribution >= 0.6 is 0 Å². The van der Waals surface area contributed by atoms with Gasteiger partial charge in [-0.05, 0) is 25.2 Å². The van der Waals surface area contributed by atoms with Gasteiger partial charge in [-0.3, -0.25) is 4.79 Å². The van der Waals surface area contributed by atoms with E-state index in [1.807, 2.05) is 0 Å². The average molecular weight is 190 g/mol. The van der Waals surface area contributed by atoms with Crippen LogP contribution < -0.4 is 0 Å². The molecule has 1 aromatic rings. The molecule has 0 amide bonds. The van der Waals surface area contributed by atoms with Gasteiger partial charge >= 0.3 is 0 Å². The molecule has 0 aromatic carbocycles. The Kier molecular flexibility index (Phi) is 2.57. The van der Waals surface area contributed by atoms with Crippen molar-refractivity contribution < 1.29 is 4.79 Å². The molecular weight excluding hydrogens is 176 g/mol. The first kappa shape index (κ1) is 9.31. The molecule has 0 aliphatic heterocycles. The van der Waals surface area contributed by atoms with Gasteiger partial charge in [0.05, 0.1) is 5.56 Å². The Morgan fingerprint density at radius 1 is 1.36 bits per heavy atom. The number of carbonyl (C=O) groups excluding carboxylic acids is 1. The van der Waals surface area contributed by atoms with Crippen molar-refractivity contribution in [2.24, 2.45) is 5.92 Å². The van der Waals surface area contributed by atoms with E-state index in [4.69, 9.17) is 0 Å². The maximum atomic E-state index is 10.4. The Labute approximate surface area is 83.6 Å². The minimum atomic E-state index is 0.505. The van der Waals surface area contributed by atoms with Crippen molar-refractivity contribution >= 4 is 6.29 Å². The third-order valence-corrected chi connectivity index (χ3v) is 2.89. The number of rotatable bonds is 2. The summed E-state index contributed by atoms with van der Waals surface area (Å²) in [6.45, 7) is 2.26. The van der Waals surface area contributed by atoms with Crippen LogP contribution in [0.25, 0.3) is 0 Å². The molecule has 1 aromatic heterocycles. The molecule has 2 atom stereocenters. The standard InChI is InChI=1S/C11H14N2O/c1-8-2-3-10(4-8)11-12-5-9(7-14)6-13-11/h5-8,10H,2-4H2,1H3. The quantitative estimate of drug-likeness (QED) is 0.671. The second-order valence-electron chi connectivity index (χ2n) is 4.11. The maximum absolute atomic E-state index is 10.4. The number of carbonyl (C=O) groups is 1. The summed E-state index contributed by atoms with van der Waals surface area (Å²) < 4.78 is 0. The Morgan fingerprint density at radius 3 is 2.57 bits per heavy atom. The molecule has 74 valence electrons. The van der Waals surface area contributed by atoms with Crippen LogP contribution in [0, 0.1) is 5.92 Å². The molecule has 1 heterocycles. The second kappa shape index (κ2) is 3.86. The number of aromatic nitrogens is 2. The van der Waals surface area contributed by atoms with Crippen LogP contribution in [0.15, 0.2) is 12.4 Å². The van der Waals surface area contributed by atoms with E-state index in [2.05, 4.69) is 16.9 Å². The lowest BCUT2D eigenvalue weighted by molar-refractivity contribution is 0.112. The molecule has 14 heavy (non-hydrogen) atoms. The Balaban J connectivity index is 2.13. The van der Waals surface area contributed by atoms with Gasteiger partial charge in [0.15, 0.2) is 6.29 Å². The van der Waals surface area contributed by atoms with Crippen LogP contribution in [-0.4, -0.2) is 16.3 Å². The van der Waals surface area contributed by atoms with Gasteiger partial charge in [-0.15, -0.1) is 0 Å². The van der Waals surface area contributed by atoms with Crippen LogP contribution in [0.2, 0.25) is 0 Å². The van der Waals surface area contributed by atoms with Crippen molar-refractivity contribution in [1.29, 1.82) is 0 Å². The Bertz CT molecular complexity index is 321. The van der Waals surface area contributed by atoms with Crippen molar-refractivity contribution in [1.82, 2.24) is 9.97 Å². The van der Waals surface area contributed by atoms with Crippen molar-refractivity contribution in [2.75, 3.05) is 0 Å². The first-order chi connectivity index (χ1) is 6.79. The predicted molar refractivity (Wildman–Crippen MR) is 53.2 cm³/mol. The average Bonchev–Trinajstić information content (AvgIpc) is 2.65. The molecule has 0 spiro atoms. The lowest BCUT2D eigenvalue weighted by Gasteiger charge is -2.06. The summed E-state index contributed by atoms with van der Waals surface area (Å²) in [6, 6.07) is 0. The zero-order valence-corrected chi connectivity index (χ0v) is 8.31. The van der Waals surface area contributed by atoms with Crippen LogP contribution in [0.1, 0.15) is 48.3 Å². The molecule has 3 nitrogen and oxygen atoms in total. The van der Waals surface area contributed by atoms with Crippen molar-refractivity contribution in [3.63, 3.8) is 0 Å². The normalized spacial score (nSPS) is 26.4. The van der Waals surface area contributed by atoms with Gasteiger partial charge in [-0.25, -0.2) is 9.97 Å². The largest absolute Gasteiger partial charge is 0.298 e. The van der Waals surface area contributed by atoms with E-state index in [1.165, 1.54) is 19.3 Å². The summed E-state index contributed by atoms with van der Waals surface area (Å²) in [7, 11) is 0. The summed E-state index contributed by atoms with van der Waals surface area (Å²) in [5.41, 5.74) is 0.555. The molecule has 2 unspecified atom stereocenters. The summed E-state index contributed by atoms with van der Waals surface area (Å²) in [5, 5.41) is 0. The molecule has 0 N–H and O–H groups in total. The van der Waals surface area contributed by atoms with Crippen LogP contribution in [0.4, 0.5) is 0 Å². The lowest BCUT2D eigenvalue weighted by Crippen LogP contribution is -2.01. The fraction of sp³-hybridized carbons (Fsp3) is 0.545. The van der Waals surface area contributed by atoms with Gasteiger partial charge in [-0.1, -0.05) is 6.92 Å². The van der Waals surface area contributed by atoms with E-state index >= 15 is 0 Å². The predicted octanol–water partition coefficient (Wildman–Crippen LogP) is 2.19. The molecule has 3 heteroatoms. The molecule has 1 aliphatic carbocycles. The molecular formula is C11H14N2O. The Hall–Kier alpha value is -1.25. The SMILES string of the molecule is CC1CCC(c2ncc(C=O)cn2)C1. The third kappa shape index (κ3) is 1.81. The summed E-state index contributed by atoms with van der Waals surface area (Å²) in [6.07, 6.45) is 7.63. The molecule has 1 saturated carbocycles. The van der Waals surface area contributed by atoms with Crippen LogP contribution in [0.5, 0.6) is 0 Å². The number of nitrogens with zero attached hydrogens (tertiary/aromatic N) is 2. The van der Waals surface area contributed by atoms with Gasteiger partial charge < -0.3 is 0 Å². The van der Waals surface area contributed by atoms with E-state index < -0.39 is 0 Å². The van der Waals surface area contributed by atoms with Crippen molar-refractivity contribution in [2.45, 2.75) is 32.1 Å². The van der Waals surface area contributed by atoms with Gasteiger partial charge in [0.2, 0.25) is 0 Å². The van der Waals surface area contributed by atoms with Gasteiger partial charge in [0.1, 0.15) is 5.82 Å². The smallest absolute Gasteiger partial charge is 0.153 e. The van der Waals surface area contributed by atoms with Gasteiger partial charge in [0, 0.05) is 18.3 Å². The number of hydrogen-bond donors (Lipinski definition) is 0. The fourth-order valence-electron chi connectivity index (χ4n) is 2.06. The summed E-state index contributed by atoms with van der Waals surface area (Å²) in [5.74, 6) is 2.19. The minimum absolute atomic E-state index is 0.505. The van der Waals surface area contributed by atoms with E-state index in [9.17, 15) is 4.79 Å². The topological polar surface area (TPSA) is 42.9 Å². The van der Waals surface area contributed by atoms with E-state index in [0.717, 1.165) is 18.0 Å². The van der Waals surface area contributed by atoms with Crippen molar-refractivity contribution in [3.8, 4) is 0 Å². The van der Waals surface area contributed by atoms with E-state index in [-0.39, 0.29) is 0 Å². The van der Waals surface area contributed by atoms with Gasteiger partial charge in [-0.2, -0.15) is 0 Å². The fourth-order valence-corrected chi connectivity index (χ4v) is 2.06. The molecule has 1 aliphatic rings. The third-order valence-electron chi connectivity index (χ3n) is 2.89. The highest BCUT2D eigenvalue weighted by Crippen LogP contribution is 2.35. The monoisotopic (exact) mass is 190 g/mol. The first-order valence-electron chi connectivity index (χ1n) is 5.06. The highest BCUT2D eigenvalue weighted by Gasteiger charge is 2.24. The number of hydrogen-bond acceptors (Lipinski definition) is 3. The van der Waals surface area contributed by atoms with Crippen LogP contribution in [-0.2, 0) is 0 Å². The zero-order valence-electron chi connectivity index (χ0n) is 8.31. The second-order valence-corrected chi connectivity index (χ2v) is 4.11. The summed E-state index contributed by atoms with van der Waals surface area (Å²) >= 11 is 0. The van der Waals surface area contributed by atoms with Gasteiger partial charge in [0.25, 0.3) is 0 Å². The van der Waals surface area contributed by atoms with E-state index in [1.54, 1.807) is 12.4 Å². The highest BCUT2D eigenvalue weighted by molar-refractivity contribution is 5.73. The van der Waals surface area contributed by atoms with Crippen molar-refractivity contribution in [3.05, 3.63) is 23.8 Å². The molecule has 0 radical (unpaired) electrons. The minimum Gasteiger partial charge on any atom is -0.298 e.